The lowest BCUT2D eigenvalue weighted by Crippen LogP contribution is -2.29. The van der Waals surface area contributed by atoms with Gasteiger partial charge in [-0.2, -0.15) is 0 Å². The van der Waals surface area contributed by atoms with Gasteiger partial charge in [-0.1, -0.05) is 27.2 Å². The highest BCUT2D eigenvalue weighted by atomic mass is 16.4. The maximum absolute atomic E-state index is 13.1. The second-order valence-corrected chi connectivity index (χ2v) is 9.59. The van der Waals surface area contributed by atoms with Gasteiger partial charge in [-0.05, 0) is 49.5 Å². The number of phenolic OH excluding ortho intramolecular Hbond substituents is 2. The Kier molecular flexibility index (Phi) is 4.52. The van der Waals surface area contributed by atoms with Gasteiger partial charge in [-0.15, -0.1) is 0 Å². The molecule has 0 aliphatic carbocycles. The highest BCUT2D eigenvalue weighted by molar-refractivity contribution is 6.15. The van der Waals surface area contributed by atoms with Crippen molar-refractivity contribution >= 4 is 32.9 Å². The van der Waals surface area contributed by atoms with Crippen molar-refractivity contribution in [3.05, 3.63) is 45.8 Å². The van der Waals surface area contributed by atoms with Gasteiger partial charge in [0.15, 0.2) is 5.58 Å². The van der Waals surface area contributed by atoms with E-state index in [-0.39, 0.29) is 22.5 Å². The van der Waals surface area contributed by atoms with E-state index in [1.54, 1.807) is 18.2 Å². The maximum atomic E-state index is 13.1. The number of hydrogen-bond acceptors (Lipinski definition) is 6. The largest absolute Gasteiger partial charge is 0.508 e. The summed E-state index contributed by atoms with van der Waals surface area (Å²) < 4.78 is 11.9. The predicted octanol–water partition coefficient (Wildman–Crippen LogP) is 5.39. The molecule has 162 valence electrons. The lowest BCUT2D eigenvalue weighted by molar-refractivity contribution is 0.219. The van der Waals surface area contributed by atoms with Crippen LogP contribution in [0.1, 0.15) is 51.2 Å². The van der Waals surface area contributed by atoms with Gasteiger partial charge in [0.25, 0.3) is 0 Å². The molecule has 1 saturated heterocycles. The molecule has 0 bridgehead atoms. The molecule has 1 aliphatic heterocycles. The van der Waals surface area contributed by atoms with Crippen molar-refractivity contribution in [2.24, 2.45) is 0 Å². The molecule has 1 aliphatic rings. The fourth-order valence-corrected chi connectivity index (χ4v) is 4.70. The zero-order chi connectivity index (χ0) is 21.9. The van der Waals surface area contributed by atoms with E-state index < -0.39 is 5.63 Å². The minimum absolute atomic E-state index is 0.0184. The van der Waals surface area contributed by atoms with Crippen molar-refractivity contribution in [1.82, 2.24) is 4.90 Å². The lowest BCUT2D eigenvalue weighted by atomic mass is 9.84. The van der Waals surface area contributed by atoms with Gasteiger partial charge in [0.05, 0.1) is 5.39 Å². The minimum atomic E-state index is -0.530. The molecule has 4 aromatic rings. The van der Waals surface area contributed by atoms with Crippen LogP contribution in [0.15, 0.2) is 37.9 Å². The Bertz CT molecular complexity index is 1370. The summed E-state index contributed by atoms with van der Waals surface area (Å²) in [7, 11) is 0. The predicted molar refractivity (Wildman–Crippen MR) is 121 cm³/mol. The van der Waals surface area contributed by atoms with Crippen LogP contribution in [0.3, 0.4) is 0 Å². The molecule has 1 fully saturated rings. The summed E-state index contributed by atoms with van der Waals surface area (Å²) in [6, 6.07) is 6.44. The Morgan fingerprint density at radius 3 is 2.42 bits per heavy atom. The Morgan fingerprint density at radius 1 is 0.968 bits per heavy atom. The van der Waals surface area contributed by atoms with Gasteiger partial charge >= 0.3 is 5.63 Å². The van der Waals surface area contributed by atoms with Crippen LogP contribution in [0.5, 0.6) is 11.5 Å². The van der Waals surface area contributed by atoms with Gasteiger partial charge in [0, 0.05) is 29.1 Å². The Hall–Kier alpha value is -2.99. The van der Waals surface area contributed by atoms with E-state index >= 15 is 0 Å². The lowest BCUT2D eigenvalue weighted by Gasteiger charge is -2.27. The second-order valence-electron chi connectivity index (χ2n) is 9.59. The van der Waals surface area contributed by atoms with Gasteiger partial charge < -0.3 is 19.0 Å². The fraction of sp³-hybridized carbons (Fsp3) is 0.400. The molecule has 0 amide bonds. The number of rotatable bonds is 2. The smallest absolute Gasteiger partial charge is 0.348 e. The average Bonchev–Trinajstić information content (AvgIpc) is 3.10. The molecule has 0 radical (unpaired) electrons. The molecule has 6 heteroatoms. The third kappa shape index (κ3) is 3.26. The molecule has 5 rings (SSSR count). The third-order valence-corrected chi connectivity index (χ3v) is 6.30. The maximum Gasteiger partial charge on any atom is 0.348 e. The number of nitrogens with zero attached hydrogens (tertiary/aromatic N) is 1. The molecule has 6 nitrogen and oxygen atoms in total. The van der Waals surface area contributed by atoms with Crippen molar-refractivity contribution in [2.45, 2.75) is 52.0 Å². The summed E-state index contributed by atoms with van der Waals surface area (Å²) in [5.74, 6) is 0.195. The number of benzene rings is 2. The summed E-state index contributed by atoms with van der Waals surface area (Å²) in [4.78, 5) is 15.4. The van der Waals surface area contributed by atoms with E-state index in [1.165, 1.54) is 12.5 Å². The molecular formula is C25H27NO5. The Morgan fingerprint density at radius 2 is 1.71 bits per heavy atom. The van der Waals surface area contributed by atoms with Gasteiger partial charge in [0.1, 0.15) is 28.1 Å². The van der Waals surface area contributed by atoms with Crippen LogP contribution in [0.25, 0.3) is 32.9 Å². The monoisotopic (exact) mass is 421 g/mol. The van der Waals surface area contributed by atoms with E-state index in [4.69, 9.17) is 8.83 Å². The highest BCUT2D eigenvalue weighted by Gasteiger charge is 2.28. The summed E-state index contributed by atoms with van der Waals surface area (Å²) >= 11 is 0. The van der Waals surface area contributed by atoms with Crippen molar-refractivity contribution in [3.8, 4) is 11.5 Å². The SMILES string of the molecule is CC(C)(C)c1cc(O)c(CN2CCCCC2)c2c1oc1c3ccc(O)cc3oc(=O)c12. The van der Waals surface area contributed by atoms with Gasteiger partial charge in [-0.25, -0.2) is 4.79 Å². The zero-order valence-corrected chi connectivity index (χ0v) is 18.1. The molecule has 0 unspecified atom stereocenters. The first-order valence-electron chi connectivity index (χ1n) is 10.8. The second kappa shape index (κ2) is 7.02. The number of piperidine rings is 1. The van der Waals surface area contributed by atoms with E-state index in [1.807, 2.05) is 0 Å². The third-order valence-electron chi connectivity index (χ3n) is 6.30. The number of phenols is 2. The van der Waals surface area contributed by atoms with Crippen LogP contribution >= 0.6 is 0 Å². The molecule has 0 spiro atoms. The fourth-order valence-electron chi connectivity index (χ4n) is 4.70. The standard InChI is InChI=1S/C25H27NO5/c1-25(2,3)17-12-18(28)16(13-26-9-5-4-6-10-26)20-21-22(31-23(17)20)15-8-7-14(27)11-19(15)30-24(21)29/h7-8,11-12,27-28H,4-6,9-10,13H2,1-3H3. The average molecular weight is 421 g/mol. The summed E-state index contributed by atoms with van der Waals surface area (Å²) in [5, 5.41) is 22.5. The van der Waals surface area contributed by atoms with Crippen LogP contribution in [0, 0.1) is 0 Å². The molecule has 3 heterocycles. The van der Waals surface area contributed by atoms with Crippen LogP contribution in [-0.4, -0.2) is 28.2 Å². The molecule has 2 aromatic carbocycles. The quantitative estimate of drug-likeness (QED) is 0.422. The number of likely N-dealkylation sites (tertiary alicyclic amines) is 1. The molecule has 2 N–H and O–H groups in total. The highest BCUT2D eigenvalue weighted by Crippen LogP contribution is 2.43. The zero-order valence-electron chi connectivity index (χ0n) is 18.1. The summed E-state index contributed by atoms with van der Waals surface area (Å²) in [6.45, 7) is 8.64. The molecular weight excluding hydrogens is 394 g/mol. The topological polar surface area (TPSA) is 87.1 Å². The van der Waals surface area contributed by atoms with Crippen LogP contribution < -0.4 is 5.63 Å². The Labute approximate surface area is 179 Å². The van der Waals surface area contributed by atoms with Crippen LogP contribution in [0.4, 0.5) is 0 Å². The number of fused-ring (bicyclic) bond motifs is 5. The van der Waals surface area contributed by atoms with E-state index in [0.717, 1.165) is 31.5 Å². The summed E-state index contributed by atoms with van der Waals surface area (Å²) in [6.07, 6.45) is 3.48. The summed E-state index contributed by atoms with van der Waals surface area (Å²) in [5.41, 5.74) is 2.02. The van der Waals surface area contributed by atoms with Crippen molar-refractivity contribution < 1.29 is 19.0 Å². The first-order valence-corrected chi connectivity index (χ1v) is 10.8. The van der Waals surface area contributed by atoms with Crippen molar-refractivity contribution in [1.29, 1.82) is 0 Å². The first-order chi connectivity index (χ1) is 14.7. The molecule has 31 heavy (non-hydrogen) atoms. The van der Waals surface area contributed by atoms with E-state index in [2.05, 4.69) is 25.7 Å². The number of furan rings is 1. The van der Waals surface area contributed by atoms with Crippen molar-refractivity contribution in [3.63, 3.8) is 0 Å². The minimum Gasteiger partial charge on any atom is -0.508 e. The number of hydrogen-bond donors (Lipinski definition) is 2. The van der Waals surface area contributed by atoms with Gasteiger partial charge in [-0.3, -0.25) is 4.90 Å². The van der Waals surface area contributed by atoms with Crippen LogP contribution in [0.2, 0.25) is 0 Å². The molecule has 0 saturated carbocycles. The molecule has 0 atom stereocenters. The van der Waals surface area contributed by atoms with Crippen molar-refractivity contribution in [2.75, 3.05) is 13.1 Å². The first kappa shape index (κ1) is 19.9. The Balaban J connectivity index is 1.89. The van der Waals surface area contributed by atoms with E-state index in [0.29, 0.717) is 39.4 Å². The number of aromatic hydroxyl groups is 2. The molecule has 2 aromatic heterocycles. The normalized spacial score (nSPS) is 16.0. The van der Waals surface area contributed by atoms with Gasteiger partial charge in [0.2, 0.25) is 0 Å². The van der Waals surface area contributed by atoms with Crippen LogP contribution in [-0.2, 0) is 12.0 Å². The van der Waals surface area contributed by atoms with E-state index in [9.17, 15) is 15.0 Å².